The number of aliphatic hydroxyl groups is 1. The summed E-state index contributed by atoms with van der Waals surface area (Å²) in [5.41, 5.74) is 2.33. The van der Waals surface area contributed by atoms with Crippen LogP contribution in [0, 0.1) is 5.82 Å². The summed E-state index contributed by atoms with van der Waals surface area (Å²) in [5, 5.41) is 16.4. The van der Waals surface area contributed by atoms with E-state index in [2.05, 4.69) is 25.1 Å². The molecule has 5 N–H and O–H groups in total. The van der Waals surface area contributed by atoms with Crippen LogP contribution in [0.4, 0.5) is 29.2 Å². The van der Waals surface area contributed by atoms with Crippen LogP contribution in [0.5, 0.6) is 0 Å². The lowest BCUT2D eigenvalue weighted by Gasteiger charge is -2.16. The average Bonchev–Trinajstić information content (AvgIpc) is 3.24. The number of hydrogen-bond donors (Lipinski definition) is 4. The summed E-state index contributed by atoms with van der Waals surface area (Å²) < 4.78 is 83.9. The quantitative estimate of drug-likeness (QED) is 0.199. The highest BCUT2D eigenvalue weighted by molar-refractivity contribution is 7.89. The number of anilines is 2. The molecule has 210 valence electrons. The Hall–Kier alpha value is -2.85. The predicted molar refractivity (Wildman–Crippen MR) is 135 cm³/mol. The van der Waals surface area contributed by atoms with Gasteiger partial charge in [0.1, 0.15) is 11.4 Å². The van der Waals surface area contributed by atoms with Gasteiger partial charge >= 0.3 is 6.18 Å². The summed E-state index contributed by atoms with van der Waals surface area (Å²) in [5.74, 6) is -1.33. The third-order valence-corrected chi connectivity index (χ3v) is 6.43. The van der Waals surface area contributed by atoms with Crippen molar-refractivity contribution in [1.82, 2.24) is 24.5 Å². The van der Waals surface area contributed by atoms with Crippen molar-refractivity contribution in [2.75, 3.05) is 18.4 Å². The number of unbranched alkanes of at least 4 members (excludes halogenated alkanes) is 1. The Morgan fingerprint density at radius 3 is 2.47 bits per heavy atom. The van der Waals surface area contributed by atoms with E-state index in [9.17, 15) is 31.1 Å². The van der Waals surface area contributed by atoms with E-state index < -0.39 is 38.9 Å². The third-order valence-electron chi connectivity index (χ3n) is 4.97. The topological polar surface area (TPSA) is 148 Å². The number of nitrogens with zero attached hydrogens (tertiary/aromatic N) is 4. The summed E-state index contributed by atoms with van der Waals surface area (Å²) in [7, 11) is -3.97. The number of halogens is 5. The molecule has 0 spiro atoms. The fourth-order valence-electron chi connectivity index (χ4n) is 3.28. The first-order chi connectivity index (χ1) is 17.2. The first-order valence-corrected chi connectivity index (χ1v) is 12.6. The van der Waals surface area contributed by atoms with Crippen LogP contribution in [-0.4, -0.2) is 52.0 Å². The van der Waals surface area contributed by atoms with E-state index in [1.54, 1.807) is 0 Å². The summed E-state index contributed by atoms with van der Waals surface area (Å²) >= 11 is 0. The van der Waals surface area contributed by atoms with Crippen LogP contribution in [0.3, 0.4) is 0 Å². The molecule has 0 aliphatic carbocycles. The minimum Gasteiger partial charge on any atom is -0.389 e. The molecule has 10 nitrogen and oxygen atoms in total. The zero-order chi connectivity index (χ0) is 27.4. The van der Waals surface area contributed by atoms with Crippen molar-refractivity contribution in [1.29, 1.82) is 0 Å². The van der Waals surface area contributed by atoms with Gasteiger partial charge in [-0.2, -0.15) is 18.3 Å². The van der Waals surface area contributed by atoms with E-state index in [0.717, 1.165) is 24.4 Å². The Morgan fingerprint density at radius 2 is 1.87 bits per heavy atom. The van der Waals surface area contributed by atoms with Crippen LogP contribution in [0.15, 0.2) is 41.7 Å². The smallest absolute Gasteiger partial charge is 0.389 e. The Balaban J connectivity index is 0.00000507. The summed E-state index contributed by atoms with van der Waals surface area (Å²) in [4.78, 5) is 7.24. The molecule has 2 aromatic heterocycles. The van der Waals surface area contributed by atoms with Crippen molar-refractivity contribution in [3.05, 3.63) is 48.2 Å². The molecular weight excluding hydrogens is 554 g/mol. The number of alkyl halides is 3. The van der Waals surface area contributed by atoms with Crippen LogP contribution in [-0.2, 0) is 22.7 Å². The highest BCUT2D eigenvalue weighted by Gasteiger charge is 2.36. The van der Waals surface area contributed by atoms with Crippen molar-refractivity contribution < 1.29 is 31.1 Å². The van der Waals surface area contributed by atoms with Gasteiger partial charge in [0.25, 0.3) is 0 Å². The molecule has 0 saturated heterocycles. The fraction of sp³-hybridized carbons (Fsp3) is 0.409. The molecule has 1 aromatic carbocycles. The number of hydrogen-bond acceptors (Lipinski definition) is 8. The summed E-state index contributed by atoms with van der Waals surface area (Å²) in [6.07, 6.45) is -0.643. The zero-order valence-electron chi connectivity index (χ0n) is 20.5. The first-order valence-electron chi connectivity index (χ1n) is 11.2. The fourth-order valence-corrected chi connectivity index (χ4v) is 4.37. The maximum Gasteiger partial charge on any atom is 0.419 e. The second-order valence-electron chi connectivity index (χ2n) is 8.85. The average molecular weight is 582 g/mol. The minimum absolute atomic E-state index is 0. The van der Waals surface area contributed by atoms with Gasteiger partial charge in [-0.15, -0.1) is 12.4 Å². The van der Waals surface area contributed by atoms with Gasteiger partial charge in [-0.3, -0.25) is 4.68 Å². The molecule has 0 fully saturated rings. The van der Waals surface area contributed by atoms with E-state index >= 15 is 0 Å². The Bertz CT molecular complexity index is 1350. The van der Waals surface area contributed by atoms with Gasteiger partial charge in [-0.05, 0) is 51.4 Å². The Kier molecular flexibility index (Phi) is 10.2. The van der Waals surface area contributed by atoms with E-state index in [1.807, 2.05) is 0 Å². The second-order valence-corrected chi connectivity index (χ2v) is 10.6. The van der Waals surface area contributed by atoms with E-state index in [0.29, 0.717) is 25.6 Å². The lowest BCUT2D eigenvalue weighted by molar-refractivity contribution is -0.137. The van der Waals surface area contributed by atoms with Gasteiger partial charge in [0.05, 0.1) is 34.6 Å². The molecule has 0 aliphatic heterocycles. The van der Waals surface area contributed by atoms with E-state index in [1.165, 1.54) is 24.7 Å². The highest BCUT2D eigenvalue weighted by atomic mass is 35.5. The number of nitrogens with one attached hydrogen (secondary N) is 2. The van der Waals surface area contributed by atoms with Crippen molar-refractivity contribution in [3.63, 3.8) is 0 Å². The molecule has 2 heterocycles. The van der Waals surface area contributed by atoms with Gasteiger partial charge < -0.3 is 16.2 Å². The van der Waals surface area contributed by atoms with Crippen molar-refractivity contribution in [3.8, 4) is 11.3 Å². The van der Waals surface area contributed by atoms with Crippen LogP contribution >= 0.6 is 12.4 Å². The zero-order valence-corrected chi connectivity index (χ0v) is 22.1. The molecule has 0 atom stereocenters. The molecule has 16 heteroatoms. The number of rotatable bonds is 11. The molecule has 0 aliphatic rings. The minimum atomic E-state index is -4.79. The number of nitrogens with two attached hydrogens (primary N) is 1. The molecule has 0 amide bonds. The first kappa shape index (κ1) is 31.4. The normalized spacial score (nSPS) is 12.3. The maximum atomic E-state index is 14.7. The molecule has 3 aromatic rings. The number of benzene rings is 1. The molecular formula is C22H28ClF4N7O3S. The standard InChI is InChI=1S/C22H27F4N7O3S.ClH/c1-21(2,34)13-33-12-14(10-29-33)19-16(22(24,25)26)11-28-20(32-19)31-18-6-5-15(9-17(18)23)37(35,36)30-8-4-3-7-27;/h5-6,9-12,30,34H,3-4,7-8,13,27H2,1-2H3,(H,28,31,32);1H. The number of aromatic nitrogens is 4. The molecule has 0 radical (unpaired) electrons. The predicted octanol–water partition coefficient (Wildman–Crippen LogP) is 3.45. The van der Waals surface area contributed by atoms with Gasteiger partial charge in [-0.1, -0.05) is 0 Å². The summed E-state index contributed by atoms with van der Waals surface area (Å²) in [6, 6.07) is 3.04. The third kappa shape index (κ3) is 8.33. The van der Waals surface area contributed by atoms with Crippen LogP contribution in [0.2, 0.25) is 0 Å². The van der Waals surface area contributed by atoms with Gasteiger partial charge in [0.2, 0.25) is 16.0 Å². The lowest BCUT2D eigenvalue weighted by Crippen LogP contribution is -2.26. The van der Waals surface area contributed by atoms with Crippen molar-refractivity contribution in [2.45, 2.75) is 49.9 Å². The highest BCUT2D eigenvalue weighted by Crippen LogP contribution is 2.36. The van der Waals surface area contributed by atoms with E-state index in [-0.39, 0.29) is 47.6 Å². The van der Waals surface area contributed by atoms with Gasteiger partial charge in [0.15, 0.2) is 0 Å². The largest absolute Gasteiger partial charge is 0.419 e. The molecule has 0 bridgehead atoms. The van der Waals surface area contributed by atoms with Crippen molar-refractivity contribution >= 4 is 34.1 Å². The number of sulfonamides is 1. The van der Waals surface area contributed by atoms with Crippen molar-refractivity contribution in [2.24, 2.45) is 5.73 Å². The molecule has 38 heavy (non-hydrogen) atoms. The molecule has 0 saturated carbocycles. The Morgan fingerprint density at radius 1 is 1.16 bits per heavy atom. The molecule has 3 rings (SSSR count). The SMILES string of the molecule is CC(C)(O)Cn1cc(-c2nc(Nc3ccc(S(=O)(=O)NCCCCN)cc3F)ncc2C(F)(F)F)cn1.Cl. The van der Waals surface area contributed by atoms with Gasteiger partial charge in [0, 0.05) is 24.5 Å². The summed E-state index contributed by atoms with van der Waals surface area (Å²) in [6.45, 7) is 3.60. The van der Waals surface area contributed by atoms with Crippen LogP contribution in [0.1, 0.15) is 32.3 Å². The van der Waals surface area contributed by atoms with Crippen LogP contribution in [0.25, 0.3) is 11.3 Å². The Labute approximate surface area is 223 Å². The van der Waals surface area contributed by atoms with Crippen LogP contribution < -0.4 is 15.8 Å². The maximum absolute atomic E-state index is 14.7. The second kappa shape index (κ2) is 12.3. The van der Waals surface area contributed by atoms with E-state index in [4.69, 9.17) is 5.73 Å². The monoisotopic (exact) mass is 581 g/mol. The lowest BCUT2D eigenvalue weighted by atomic mass is 10.1. The molecule has 0 unspecified atom stereocenters. The van der Waals surface area contributed by atoms with Gasteiger partial charge in [-0.25, -0.2) is 27.5 Å².